The lowest BCUT2D eigenvalue weighted by Gasteiger charge is -2.22. The molecule has 126 valence electrons. The van der Waals surface area contributed by atoms with Gasteiger partial charge in [-0.05, 0) is 32.6 Å². The highest BCUT2D eigenvalue weighted by atomic mass is 16.5. The summed E-state index contributed by atoms with van der Waals surface area (Å²) in [6.45, 7) is 2.31. The summed E-state index contributed by atoms with van der Waals surface area (Å²) in [5.41, 5.74) is 0.317. The highest BCUT2D eigenvalue weighted by Crippen LogP contribution is 2.40. The van der Waals surface area contributed by atoms with Crippen molar-refractivity contribution in [2.24, 2.45) is 5.92 Å². The van der Waals surface area contributed by atoms with Gasteiger partial charge in [0.2, 0.25) is 5.91 Å². The summed E-state index contributed by atoms with van der Waals surface area (Å²) in [6.07, 6.45) is 7.70. The highest BCUT2D eigenvalue weighted by molar-refractivity contribution is 5.92. The largest absolute Gasteiger partial charge is 0.360 e. The summed E-state index contributed by atoms with van der Waals surface area (Å²) >= 11 is 0. The van der Waals surface area contributed by atoms with Crippen molar-refractivity contribution in [2.45, 2.75) is 63.8 Å². The second-order valence-electron chi connectivity index (χ2n) is 6.84. The Morgan fingerprint density at radius 2 is 2.00 bits per heavy atom. The number of carbonyl (C=O) groups excluding carboxylic acids is 2. The Morgan fingerprint density at radius 3 is 2.70 bits per heavy atom. The molecule has 0 radical (unpaired) electrons. The summed E-state index contributed by atoms with van der Waals surface area (Å²) in [7, 11) is 0. The molecular formula is C17H25N3O3. The number of carbonyl (C=O) groups is 2. The average Bonchev–Trinajstić information content (AvgIpc) is 3.30. The molecule has 6 nitrogen and oxygen atoms in total. The van der Waals surface area contributed by atoms with Gasteiger partial charge in [0.05, 0.1) is 0 Å². The topological polar surface area (TPSA) is 84.2 Å². The fraction of sp³-hybridized carbons (Fsp3) is 0.706. The zero-order valence-corrected chi connectivity index (χ0v) is 13.6. The molecule has 1 heterocycles. The van der Waals surface area contributed by atoms with Crippen LogP contribution in [-0.2, 0) is 4.79 Å². The summed E-state index contributed by atoms with van der Waals surface area (Å²) in [6, 6.07) is 1.58. The second-order valence-corrected chi connectivity index (χ2v) is 6.84. The van der Waals surface area contributed by atoms with E-state index in [4.69, 9.17) is 4.52 Å². The van der Waals surface area contributed by atoms with Crippen LogP contribution in [-0.4, -0.2) is 29.6 Å². The predicted molar refractivity (Wildman–Crippen MR) is 85.0 cm³/mol. The van der Waals surface area contributed by atoms with E-state index in [2.05, 4.69) is 15.8 Å². The molecule has 2 N–H and O–H groups in total. The first-order valence-corrected chi connectivity index (χ1v) is 8.68. The maximum absolute atomic E-state index is 12.1. The smallest absolute Gasteiger partial charge is 0.273 e. The molecule has 0 aliphatic heterocycles. The van der Waals surface area contributed by atoms with Gasteiger partial charge in [-0.1, -0.05) is 24.4 Å². The van der Waals surface area contributed by atoms with Crippen molar-refractivity contribution in [1.29, 1.82) is 0 Å². The molecule has 2 fully saturated rings. The van der Waals surface area contributed by atoms with Crippen LogP contribution in [0.25, 0.3) is 0 Å². The molecule has 0 spiro atoms. The van der Waals surface area contributed by atoms with E-state index < -0.39 is 0 Å². The van der Waals surface area contributed by atoms with Crippen molar-refractivity contribution in [3.8, 4) is 0 Å². The minimum absolute atomic E-state index is 0.114. The molecule has 0 bridgehead atoms. The van der Waals surface area contributed by atoms with Crippen molar-refractivity contribution in [1.82, 2.24) is 15.8 Å². The lowest BCUT2D eigenvalue weighted by Crippen LogP contribution is -2.43. The van der Waals surface area contributed by atoms with Gasteiger partial charge in [0, 0.05) is 30.5 Å². The molecule has 23 heavy (non-hydrogen) atoms. The van der Waals surface area contributed by atoms with E-state index in [0.29, 0.717) is 18.2 Å². The van der Waals surface area contributed by atoms with Gasteiger partial charge in [0.25, 0.3) is 5.91 Å². The number of hydrogen-bond donors (Lipinski definition) is 2. The van der Waals surface area contributed by atoms with Crippen LogP contribution >= 0.6 is 0 Å². The first-order chi connectivity index (χ1) is 11.1. The van der Waals surface area contributed by atoms with E-state index in [9.17, 15) is 9.59 Å². The molecular weight excluding hydrogens is 294 g/mol. The molecule has 1 aromatic rings. The predicted octanol–water partition coefficient (Wildman–Crippen LogP) is 2.37. The molecule has 2 aliphatic carbocycles. The third-order valence-corrected chi connectivity index (χ3v) is 4.68. The van der Waals surface area contributed by atoms with Crippen LogP contribution in [0, 0.1) is 5.92 Å². The van der Waals surface area contributed by atoms with E-state index in [1.165, 1.54) is 6.42 Å². The minimum Gasteiger partial charge on any atom is -0.360 e. The molecule has 0 saturated heterocycles. The van der Waals surface area contributed by atoms with Crippen LogP contribution in [0.15, 0.2) is 10.6 Å². The summed E-state index contributed by atoms with van der Waals surface area (Å²) in [4.78, 5) is 24.2. The Kier molecular flexibility index (Phi) is 4.98. The van der Waals surface area contributed by atoms with Crippen LogP contribution in [0.2, 0.25) is 0 Å². The summed E-state index contributed by atoms with van der Waals surface area (Å²) < 4.78 is 5.19. The van der Waals surface area contributed by atoms with Gasteiger partial charge in [-0.3, -0.25) is 9.59 Å². The average molecular weight is 319 g/mol. The zero-order chi connectivity index (χ0) is 16.2. The van der Waals surface area contributed by atoms with Gasteiger partial charge in [-0.15, -0.1) is 0 Å². The van der Waals surface area contributed by atoms with E-state index in [0.717, 1.165) is 44.3 Å². The molecule has 2 amide bonds. The molecule has 2 saturated carbocycles. The molecule has 1 unspecified atom stereocenters. The monoisotopic (exact) mass is 319 g/mol. The van der Waals surface area contributed by atoms with Crippen LogP contribution in [0.1, 0.15) is 74.0 Å². The Bertz CT molecular complexity index is 559. The van der Waals surface area contributed by atoms with Gasteiger partial charge < -0.3 is 15.2 Å². The molecule has 3 rings (SSSR count). The number of amides is 2. The Balaban J connectivity index is 1.41. The third kappa shape index (κ3) is 4.33. The van der Waals surface area contributed by atoms with Crippen molar-refractivity contribution in [3.63, 3.8) is 0 Å². The van der Waals surface area contributed by atoms with Gasteiger partial charge in [0.1, 0.15) is 5.76 Å². The van der Waals surface area contributed by atoms with Crippen LogP contribution in [0.3, 0.4) is 0 Å². The van der Waals surface area contributed by atoms with Crippen molar-refractivity contribution >= 4 is 11.8 Å². The summed E-state index contributed by atoms with van der Waals surface area (Å²) in [5, 5.41) is 9.62. The maximum Gasteiger partial charge on any atom is 0.273 e. The summed E-state index contributed by atoms with van der Waals surface area (Å²) in [5.74, 6) is 1.25. The van der Waals surface area contributed by atoms with E-state index in [1.54, 1.807) is 6.07 Å². The second kappa shape index (κ2) is 7.15. The fourth-order valence-electron chi connectivity index (χ4n) is 3.07. The van der Waals surface area contributed by atoms with E-state index in [1.807, 2.05) is 6.92 Å². The fourth-order valence-corrected chi connectivity index (χ4v) is 3.07. The number of nitrogens with zero attached hydrogens (tertiary/aromatic N) is 1. The number of rotatable bonds is 6. The zero-order valence-electron chi connectivity index (χ0n) is 13.6. The van der Waals surface area contributed by atoms with Crippen molar-refractivity contribution in [3.05, 3.63) is 17.5 Å². The standard InChI is InChI=1S/C17H25N3O3/c1-11(10-18-16(21)13-5-3-2-4-6-13)19-17(22)14-9-15(23-20-14)12-7-8-12/h9,11-13H,2-8,10H2,1H3,(H,18,21)(H,19,22). The van der Waals surface area contributed by atoms with Crippen LogP contribution in [0.5, 0.6) is 0 Å². The van der Waals surface area contributed by atoms with Crippen molar-refractivity contribution in [2.75, 3.05) is 6.54 Å². The maximum atomic E-state index is 12.1. The minimum atomic E-state index is -0.250. The molecule has 1 aromatic heterocycles. The van der Waals surface area contributed by atoms with Gasteiger partial charge >= 0.3 is 0 Å². The van der Waals surface area contributed by atoms with Crippen LogP contribution < -0.4 is 10.6 Å². The van der Waals surface area contributed by atoms with Gasteiger partial charge in [-0.2, -0.15) is 0 Å². The normalized spacial score (nSPS) is 20.0. The van der Waals surface area contributed by atoms with Gasteiger partial charge in [0.15, 0.2) is 5.69 Å². The van der Waals surface area contributed by atoms with Gasteiger partial charge in [-0.25, -0.2) is 0 Å². The Labute approximate surface area is 136 Å². The van der Waals surface area contributed by atoms with E-state index >= 15 is 0 Å². The Morgan fingerprint density at radius 1 is 1.26 bits per heavy atom. The number of hydrogen-bond acceptors (Lipinski definition) is 4. The first-order valence-electron chi connectivity index (χ1n) is 8.68. The SMILES string of the molecule is CC(CNC(=O)C1CCCCC1)NC(=O)c1cc(C2CC2)on1. The lowest BCUT2D eigenvalue weighted by molar-refractivity contribution is -0.126. The molecule has 0 aromatic carbocycles. The third-order valence-electron chi connectivity index (χ3n) is 4.68. The van der Waals surface area contributed by atoms with Crippen LogP contribution in [0.4, 0.5) is 0 Å². The van der Waals surface area contributed by atoms with Crippen molar-refractivity contribution < 1.29 is 14.1 Å². The Hall–Kier alpha value is -1.85. The molecule has 1 atom stereocenters. The first kappa shape index (κ1) is 16.0. The number of nitrogens with one attached hydrogen (secondary N) is 2. The lowest BCUT2D eigenvalue weighted by atomic mass is 9.88. The number of aromatic nitrogens is 1. The molecule has 6 heteroatoms. The molecule has 2 aliphatic rings. The quantitative estimate of drug-likeness (QED) is 0.843. The highest BCUT2D eigenvalue weighted by Gasteiger charge is 2.29. The van der Waals surface area contributed by atoms with E-state index in [-0.39, 0.29) is 23.8 Å².